The van der Waals surface area contributed by atoms with Crippen LogP contribution in [0.15, 0.2) is 0 Å². The first-order valence-electron chi connectivity index (χ1n) is 6.42. The Labute approximate surface area is 99.9 Å². The van der Waals surface area contributed by atoms with Gasteiger partial charge in [-0.2, -0.15) is 0 Å². The van der Waals surface area contributed by atoms with E-state index in [-0.39, 0.29) is 0 Å². The number of hydrogen-bond acceptors (Lipinski definition) is 3. The molecular formula is C12H25NO2S. The van der Waals surface area contributed by atoms with Gasteiger partial charge >= 0.3 is 0 Å². The molecule has 0 radical (unpaired) electrons. The smallest absolute Gasteiger partial charge is 0.147 e. The Hall–Kier alpha value is -0.0900. The van der Waals surface area contributed by atoms with Gasteiger partial charge in [0.25, 0.3) is 0 Å². The van der Waals surface area contributed by atoms with E-state index in [2.05, 4.69) is 12.2 Å². The summed E-state index contributed by atoms with van der Waals surface area (Å²) in [6.45, 7) is 3.30. The predicted octanol–water partition coefficient (Wildman–Crippen LogP) is 1.98. The highest BCUT2D eigenvalue weighted by Crippen LogP contribution is 2.29. The summed E-state index contributed by atoms with van der Waals surface area (Å²) in [5.41, 5.74) is 0. The van der Waals surface area contributed by atoms with Gasteiger partial charge in [0.15, 0.2) is 0 Å². The third kappa shape index (κ3) is 5.85. The van der Waals surface area contributed by atoms with E-state index in [0.29, 0.717) is 11.8 Å². The molecule has 1 rings (SSSR count). The topological polar surface area (TPSA) is 46.2 Å². The van der Waals surface area contributed by atoms with E-state index in [9.17, 15) is 8.42 Å². The van der Waals surface area contributed by atoms with Crippen LogP contribution in [-0.2, 0) is 9.84 Å². The number of rotatable bonds is 7. The van der Waals surface area contributed by atoms with Gasteiger partial charge in [-0.15, -0.1) is 0 Å². The molecule has 4 heteroatoms. The molecule has 1 aliphatic carbocycles. The molecule has 96 valence electrons. The van der Waals surface area contributed by atoms with Crippen LogP contribution in [0.4, 0.5) is 0 Å². The van der Waals surface area contributed by atoms with E-state index in [1.807, 2.05) is 0 Å². The summed E-state index contributed by atoms with van der Waals surface area (Å²) < 4.78 is 22.0. The van der Waals surface area contributed by atoms with E-state index < -0.39 is 9.84 Å². The van der Waals surface area contributed by atoms with Crippen molar-refractivity contribution in [1.82, 2.24) is 5.32 Å². The van der Waals surface area contributed by atoms with E-state index in [0.717, 1.165) is 25.3 Å². The Morgan fingerprint density at radius 1 is 1.31 bits per heavy atom. The molecule has 0 heterocycles. The van der Waals surface area contributed by atoms with Crippen LogP contribution in [0.5, 0.6) is 0 Å². The lowest BCUT2D eigenvalue weighted by molar-refractivity contribution is 0.459. The SMILES string of the molecule is CCCNC1CCC(CCCS(C)(=O)=O)C1. The summed E-state index contributed by atoms with van der Waals surface area (Å²) in [6, 6.07) is 0.684. The predicted molar refractivity (Wildman–Crippen MR) is 68.4 cm³/mol. The first kappa shape index (κ1) is 14.0. The Morgan fingerprint density at radius 2 is 2.06 bits per heavy atom. The van der Waals surface area contributed by atoms with E-state index in [4.69, 9.17) is 0 Å². The van der Waals surface area contributed by atoms with Crippen LogP contribution in [0.1, 0.15) is 45.4 Å². The molecule has 1 saturated carbocycles. The molecule has 0 aliphatic heterocycles. The van der Waals surface area contributed by atoms with Crippen molar-refractivity contribution in [2.45, 2.75) is 51.5 Å². The largest absolute Gasteiger partial charge is 0.314 e. The minimum Gasteiger partial charge on any atom is -0.314 e. The van der Waals surface area contributed by atoms with Gasteiger partial charge in [0.1, 0.15) is 9.84 Å². The Bertz CT molecular complexity index is 287. The van der Waals surface area contributed by atoms with Crippen molar-refractivity contribution < 1.29 is 8.42 Å². The first-order chi connectivity index (χ1) is 7.51. The second-order valence-electron chi connectivity index (χ2n) is 5.10. The molecule has 3 nitrogen and oxygen atoms in total. The fraction of sp³-hybridized carbons (Fsp3) is 1.00. The zero-order valence-electron chi connectivity index (χ0n) is 10.5. The summed E-state index contributed by atoms with van der Waals surface area (Å²) in [6.07, 6.45) is 8.21. The molecule has 1 aliphatic rings. The minimum absolute atomic E-state index is 0.358. The average molecular weight is 247 g/mol. The summed E-state index contributed by atoms with van der Waals surface area (Å²) in [5, 5.41) is 3.55. The van der Waals surface area contributed by atoms with Crippen LogP contribution in [0.3, 0.4) is 0 Å². The molecule has 1 N–H and O–H groups in total. The van der Waals surface area contributed by atoms with Crippen molar-refractivity contribution in [3.63, 3.8) is 0 Å². The quantitative estimate of drug-likeness (QED) is 0.748. The van der Waals surface area contributed by atoms with Gasteiger partial charge in [-0.1, -0.05) is 6.92 Å². The second-order valence-corrected chi connectivity index (χ2v) is 7.36. The zero-order valence-corrected chi connectivity index (χ0v) is 11.4. The van der Waals surface area contributed by atoms with Crippen molar-refractivity contribution >= 4 is 9.84 Å². The van der Waals surface area contributed by atoms with Crippen LogP contribution < -0.4 is 5.32 Å². The van der Waals surface area contributed by atoms with Crippen LogP contribution >= 0.6 is 0 Å². The fourth-order valence-corrected chi connectivity index (χ4v) is 3.20. The van der Waals surface area contributed by atoms with Crippen molar-refractivity contribution in [2.24, 2.45) is 5.92 Å². The molecule has 0 aromatic heterocycles. The normalized spacial score (nSPS) is 26.1. The van der Waals surface area contributed by atoms with Gasteiger partial charge < -0.3 is 5.32 Å². The molecule has 0 saturated heterocycles. The van der Waals surface area contributed by atoms with Gasteiger partial charge in [-0.25, -0.2) is 8.42 Å². The van der Waals surface area contributed by atoms with Gasteiger partial charge in [0, 0.05) is 18.1 Å². The molecule has 0 aromatic carbocycles. The lowest BCUT2D eigenvalue weighted by atomic mass is 10.0. The highest BCUT2D eigenvalue weighted by molar-refractivity contribution is 7.90. The maximum absolute atomic E-state index is 11.0. The summed E-state index contributed by atoms with van der Waals surface area (Å²) in [5.74, 6) is 1.10. The molecule has 0 bridgehead atoms. The molecule has 2 atom stereocenters. The maximum atomic E-state index is 11.0. The second kappa shape index (κ2) is 6.60. The Balaban J connectivity index is 2.12. The number of sulfone groups is 1. The lowest BCUT2D eigenvalue weighted by Crippen LogP contribution is -2.27. The molecule has 16 heavy (non-hydrogen) atoms. The van der Waals surface area contributed by atoms with Crippen molar-refractivity contribution in [3.05, 3.63) is 0 Å². The molecule has 0 spiro atoms. The third-order valence-electron chi connectivity index (χ3n) is 3.35. The average Bonchev–Trinajstić information content (AvgIpc) is 2.61. The Kier molecular flexibility index (Phi) is 5.76. The standard InChI is InChI=1S/C12H25NO2S/c1-3-8-13-12-7-6-11(10-12)5-4-9-16(2,14)15/h11-13H,3-10H2,1-2H3. The van der Waals surface area contributed by atoms with Crippen LogP contribution in [0, 0.1) is 5.92 Å². The van der Waals surface area contributed by atoms with Gasteiger partial charge in [-0.3, -0.25) is 0 Å². The fourth-order valence-electron chi connectivity index (χ4n) is 2.51. The summed E-state index contributed by atoms with van der Waals surface area (Å²) >= 11 is 0. The third-order valence-corrected chi connectivity index (χ3v) is 4.38. The monoisotopic (exact) mass is 247 g/mol. The van der Waals surface area contributed by atoms with Crippen LogP contribution in [0.2, 0.25) is 0 Å². The molecule has 0 amide bonds. The highest BCUT2D eigenvalue weighted by atomic mass is 32.2. The van der Waals surface area contributed by atoms with Crippen LogP contribution in [0.25, 0.3) is 0 Å². The van der Waals surface area contributed by atoms with Crippen molar-refractivity contribution in [3.8, 4) is 0 Å². The minimum atomic E-state index is -2.76. The first-order valence-corrected chi connectivity index (χ1v) is 8.48. The van der Waals surface area contributed by atoms with Gasteiger partial charge in [0.05, 0.1) is 0 Å². The van der Waals surface area contributed by atoms with E-state index >= 15 is 0 Å². The van der Waals surface area contributed by atoms with Crippen molar-refractivity contribution in [1.29, 1.82) is 0 Å². The van der Waals surface area contributed by atoms with E-state index in [1.165, 1.54) is 31.9 Å². The van der Waals surface area contributed by atoms with E-state index in [1.54, 1.807) is 0 Å². The van der Waals surface area contributed by atoms with Crippen molar-refractivity contribution in [2.75, 3.05) is 18.6 Å². The lowest BCUT2D eigenvalue weighted by Gasteiger charge is -2.12. The Morgan fingerprint density at radius 3 is 2.69 bits per heavy atom. The summed E-state index contributed by atoms with van der Waals surface area (Å²) in [7, 11) is -2.76. The molecule has 1 fully saturated rings. The number of hydrogen-bond donors (Lipinski definition) is 1. The van der Waals surface area contributed by atoms with Gasteiger partial charge in [0.2, 0.25) is 0 Å². The molecule has 2 unspecified atom stereocenters. The zero-order chi connectivity index (χ0) is 12.0. The van der Waals surface area contributed by atoms with Crippen LogP contribution in [-0.4, -0.2) is 33.0 Å². The number of nitrogens with one attached hydrogen (secondary N) is 1. The van der Waals surface area contributed by atoms with Gasteiger partial charge in [-0.05, 0) is 51.0 Å². The molecular weight excluding hydrogens is 222 g/mol. The summed E-state index contributed by atoms with van der Waals surface area (Å²) in [4.78, 5) is 0. The highest BCUT2D eigenvalue weighted by Gasteiger charge is 2.23. The molecule has 0 aromatic rings. The maximum Gasteiger partial charge on any atom is 0.147 e.